The second kappa shape index (κ2) is 8.44. The van der Waals surface area contributed by atoms with Crippen LogP contribution < -0.4 is 11.1 Å². The third kappa shape index (κ3) is 5.57. The Bertz CT molecular complexity index is 554. The van der Waals surface area contributed by atoms with Crippen molar-refractivity contribution in [2.24, 2.45) is 5.73 Å². The molecule has 1 aromatic carbocycles. The number of carbonyl (C=O) groups excluding carboxylic acids is 1. The van der Waals surface area contributed by atoms with E-state index < -0.39 is 0 Å². The summed E-state index contributed by atoms with van der Waals surface area (Å²) in [6, 6.07) is 9.92. The van der Waals surface area contributed by atoms with Crippen LogP contribution in [-0.2, 0) is 11.3 Å². The Hall–Kier alpha value is -1.85. The van der Waals surface area contributed by atoms with Gasteiger partial charge in [-0.3, -0.25) is 4.79 Å². The van der Waals surface area contributed by atoms with Crippen molar-refractivity contribution in [3.63, 3.8) is 0 Å². The first kappa shape index (κ1) is 17.2. The summed E-state index contributed by atoms with van der Waals surface area (Å²) in [5.74, 6) is 0.0229. The molecular formula is C15H21ClN4O. The SMILES string of the molecule is CC(N)CCC(=O)NCc1cnn(-c2ccccc2)c1.Cl. The van der Waals surface area contributed by atoms with Crippen molar-refractivity contribution < 1.29 is 4.79 Å². The molecule has 1 atom stereocenters. The molecule has 1 heterocycles. The van der Waals surface area contributed by atoms with Crippen LogP contribution in [0.1, 0.15) is 25.3 Å². The highest BCUT2D eigenvalue weighted by atomic mass is 35.5. The van der Waals surface area contributed by atoms with Crippen molar-refractivity contribution in [1.29, 1.82) is 0 Å². The van der Waals surface area contributed by atoms with Crippen LogP contribution in [0.2, 0.25) is 0 Å². The number of amides is 1. The molecule has 0 bridgehead atoms. The first-order chi connectivity index (χ1) is 9.65. The lowest BCUT2D eigenvalue weighted by atomic mass is 10.2. The van der Waals surface area contributed by atoms with E-state index in [4.69, 9.17) is 5.73 Å². The fourth-order valence-corrected chi connectivity index (χ4v) is 1.82. The summed E-state index contributed by atoms with van der Waals surface area (Å²) in [4.78, 5) is 11.6. The van der Waals surface area contributed by atoms with E-state index in [-0.39, 0.29) is 24.4 Å². The molecular weight excluding hydrogens is 288 g/mol. The standard InChI is InChI=1S/C15H20N4O.ClH/c1-12(16)7-8-15(20)17-9-13-10-18-19(11-13)14-5-3-2-4-6-14;/h2-6,10-12H,7-9,16H2,1H3,(H,17,20);1H. The largest absolute Gasteiger partial charge is 0.352 e. The number of para-hydroxylation sites is 1. The van der Waals surface area contributed by atoms with Gasteiger partial charge in [-0.25, -0.2) is 4.68 Å². The molecule has 5 nitrogen and oxygen atoms in total. The van der Waals surface area contributed by atoms with Gasteiger partial charge in [0.15, 0.2) is 0 Å². The molecule has 0 fully saturated rings. The molecule has 2 aromatic rings. The van der Waals surface area contributed by atoms with Crippen LogP contribution in [0.15, 0.2) is 42.7 Å². The minimum atomic E-state index is 0. The maximum absolute atomic E-state index is 11.6. The summed E-state index contributed by atoms with van der Waals surface area (Å²) in [6.07, 6.45) is 4.85. The molecule has 0 aliphatic heterocycles. The highest BCUT2D eigenvalue weighted by Gasteiger charge is 2.05. The van der Waals surface area contributed by atoms with Gasteiger partial charge in [0.25, 0.3) is 0 Å². The molecule has 0 radical (unpaired) electrons. The Morgan fingerprint density at radius 2 is 2.10 bits per heavy atom. The monoisotopic (exact) mass is 308 g/mol. The molecule has 1 amide bonds. The second-order valence-corrected chi connectivity index (χ2v) is 4.92. The fraction of sp³-hybridized carbons (Fsp3) is 0.333. The smallest absolute Gasteiger partial charge is 0.220 e. The van der Waals surface area contributed by atoms with Crippen LogP contribution in [0.5, 0.6) is 0 Å². The minimum absolute atomic E-state index is 0. The average Bonchev–Trinajstić information content (AvgIpc) is 2.93. The van der Waals surface area contributed by atoms with Crippen molar-refractivity contribution in [2.45, 2.75) is 32.4 Å². The first-order valence-corrected chi connectivity index (χ1v) is 6.76. The third-order valence-electron chi connectivity index (χ3n) is 2.97. The summed E-state index contributed by atoms with van der Waals surface area (Å²) >= 11 is 0. The fourth-order valence-electron chi connectivity index (χ4n) is 1.82. The van der Waals surface area contributed by atoms with E-state index in [9.17, 15) is 4.79 Å². The van der Waals surface area contributed by atoms with E-state index in [2.05, 4.69) is 10.4 Å². The predicted octanol–water partition coefficient (Wildman–Crippen LogP) is 2.04. The van der Waals surface area contributed by atoms with E-state index >= 15 is 0 Å². The Kier molecular flexibility index (Phi) is 6.91. The number of nitrogens with two attached hydrogens (primary N) is 1. The molecule has 3 N–H and O–H groups in total. The van der Waals surface area contributed by atoms with Gasteiger partial charge >= 0.3 is 0 Å². The van der Waals surface area contributed by atoms with E-state index in [0.29, 0.717) is 19.4 Å². The molecule has 2 rings (SSSR count). The zero-order valence-corrected chi connectivity index (χ0v) is 12.8. The predicted molar refractivity (Wildman–Crippen MR) is 85.5 cm³/mol. The highest BCUT2D eigenvalue weighted by Crippen LogP contribution is 2.07. The number of benzene rings is 1. The van der Waals surface area contributed by atoms with Gasteiger partial charge in [0.05, 0.1) is 11.9 Å². The van der Waals surface area contributed by atoms with E-state index in [1.807, 2.05) is 43.5 Å². The number of hydrogen-bond acceptors (Lipinski definition) is 3. The Morgan fingerprint density at radius 3 is 2.76 bits per heavy atom. The van der Waals surface area contributed by atoms with Gasteiger partial charge in [-0.1, -0.05) is 18.2 Å². The van der Waals surface area contributed by atoms with Gasteiger partial charge < -0.3 is 11.1 Å². The van der Waals surface area contributed by atoms with Crippen LogP contribution in [0.25, 0.3) is 5.69 Å². The lowest BCUT2D eigenvalue weighted by Crippen LogP contribution is -2.25. The van der Waals surface area contributed by atoms with Gasteiger partial charge in [-0.2, -0.15) is 5.10 Å². The molecule has 0 spiro atoms. The number of nitrogens with one attached hydrogen (secondary N) is 1. The molecule has 21 heavy (non-hydrogen) atoms. The summed E-state index contributed by atoms with van der Waals surface area (Å²) in [7, 11) is 0. The molecule has 0 aliphatic rings. The quantitative estimate of drug-likeness (QED) is 0.857. The molecule has 1 unspecified atom stereocenters. The van der Waals surface area contributed by atoms with E-state index in [1.165, 1.54) is 0 Å². The molecule has 0 saturated heterocycles. The van der Waals surface area contributed by atoms with Crippen molar-refractivity contribution in [1.82, 2.24) is 15.1 Å². The zero-order valence-electron chi connectivity index (χ0n) is 12.0. The Labute approximate surface area is 130 Å². The van der Waals surface area contributed by atoms with E-state index in [0.717, 1.165) is 11.3 Å². The van der Waals surface area contributed by atoms with Gasteiger partial charge in [-0.15, -0.1) is 12.4 Å². The number of rotatable bonds is 6. The Morgan fingerprint density at radius 1 is 1.38 bits per heavy atom. The first-order valence-electron chi connectivity index (χ1n) is 6.76. The highest BCUT2D eigenvalue weighted by molar-refractivity contribution is 5.85. The molecule has 114 valence electrons. The average molecular weight is 309 g/mol. The third-order valence-corrected chi connectivity index (χ3v) is 2.97. The second-order valence-electron chi connectivity index (χ2n) is 4.92. The summed E-state index contributed by atoms with van der Waals surface area (Å²) in [6.45, 7) is 2.39. The van der Waals surface area contributed by atoms with Crippen LogP contribution in [-0.4, -0.2) is 21.7 Å². The molecule has 0 saturated carbocycles. The van der Waals surface area contributed by atoms with Gasteiger partial charge in [0.2, 0.25) is 5.91 Å². The number of carbonyl (C=O) groups is 1. The summed E-state index contributed by atoms with van der Waals surface area (Å²) in [5.41, 5.74) is 7.60. The van der Waals surface area contributed by atoms with Crippen LogP contribution in [0.4, 0.5) is 0 Å². The van der Waals surface area contributed by atoms with Crippen molar-refractivity contribution in [3.8, 4) is 5.69 Å². The van der Waals surface area contributed by atoms with Crippen molar-refractivity contribution >= 4 is 18.3 Å². The number of hydrogen-bond donors (Lipinski definition) is 2. The van der Waals surface area contributed by atoms with Crippen LogP contribution >= 0.6 is 12.4 Å². The summed E-state index contributed by atoms with van der Waals surface area (Å²) < 4.78 is 1.80. The van der Waals surface area contributed by atoms with Gasteiger partial charge in [0.1, 0.15) is 0 Å². The lowest BCUT2D eigenvalue weighted by molar-refractivity contribution is -0.121. The molecule has 0 aliphatic carbocycles. The molecule has 1 aromatic heterocycles. The number of nitrogens with zero attached hydrogens (tertiary/aromatic N) is 2. The van der Waals surface area contributed by atoms with Crippen LogP contribution in [0, 0.1) is 0 Å². The lowest BCUT2D eigenvalue weighted by Gasteiger charge is -2.05. The number of aromatic nitrogens is 2. The van der Waals surface area contributed by atoms with Crippen molar-refractivity contribution in [2.75, 3.05) is 0 Å². The summed E-state index contributed by atoms with van der Waals surface area (Å²) in [5, 5.41) is 7.16. The Balaban J connectivity index is 0.00000220. The maximum Gasteiger partial charge on any atom is 0.220 e. The topological polar surface area (TPSA) is 72.9 Å². The maximum atomic E-state index is 11.6. The number of halogens is 1. The van der Waals surface area contributed by atoms with E-state index in [1.54, 1.807) is 10.9 Å². The van der Waals surface area contributed by atoms with Gasteiger partial charge in [-0.05, 0) is 25.5 Å². The minimum Gasteiger partial charge on any atom is -0.352 e. The van der Waals surface area contributed by atoms with Crippen LogP contribution in [0.3, 0.4) is 0 Å². The van der Waals surface area contributed by atoms with Gasteiger partial charge in [0, 0.05) is 30.8 Å². The molecule has 6 heteroatoms. The van der Waals surface area contributed by atoms with Crippen molar-refractivity contribution in [3.05, 3.63) is 48.3 Å². The zero-order chi connectivity index (χ0) is 14.4. The normalized spacial score (nSPS) is 11.5.